The van der Waals surface area contributed by atoms with Crippen LogP contribution in [0.1, 0.15) is 57.7 Å². The first kappa shape index (κ1) is 25.0. The molecular weight excluding hydrogens is 420 g/mol. The number of ketones is 1. The third kappa shape index (κ3) is 6.88. The van der Waals surface area contributed by atoms with Gasteiger partial charge in [-0.15, -0.1) is 0 Å². The van der Waals surface area contributed by atoms with Crippen molar-refractivity contribution in [1.29, 1.82) is 0 Å². The first-order chi connectivity index (χ1) is 15.8. The number of hydrogen-bond acceptors (Lipinski definition) is 6. The van der Waals surface area contributed by atoms with Crippen LogP contribution in [0.5, 0.6) is 0 Å². The number of benzene rings is 1. The highest BCUT2D eigenvalue weighted by atomic mass is 16.5. The molecule has 168 valence electrons. The summed E-state index contributed by atoms with van der Waals surface area (Å²) in [4.78, 5) is 52.8. The second-order valence-corrected chi connectivity index (χ2v) is 7.45. The number of hydrogen-bond donors (Lipinski definition) is 1. The number of carbonyl (C=O) groups excluding carboxylic acids is 4. The van der Waals surface area contributed by atoms with Crippen molar-refractivity contribution in [3.63, 3.8) is 0 Å². The Morgan fingerprint density at radius 3 is 2.48 bits per heavy atom. The molecule has 0 aliphatic heterocycles. The highest BCUT2D eigenvalue weighted by molar-refractivity contribution is 6.01. The van der Waals surface area contributed by atoms with E-state index in [0.29, 0.717) is 29.5 Å². The summed E-state index contributed by atoms with van der Waals surface area (Å²) in [6.07, 6.45) is 0.637. The quantitative estimate of drug-likeness (QED) is 0.291. The Bertz CT molecular complexity index is 1210. The van der Waals surface area contributed by atoms with Gasteiger partial charge in [0.1, 0.15) is 5.69 Å². The van der Waals surface area contributed by atoms with E-state index in [-0.39, 0.29) is 35.1 Å². The van der Waals surface area contributed by atoms with Crippen molar-refractivity contribution in [2.75, 3.05) is 13.7 Å². The number of aldehydes is 1. The predicted molar refractivity (Wildman–Crippen MR) is 124 cm³/mol. The zero-order valence-electron chi connectivity index (χ0n) is 18.9. The molecule has 7 heteroatoms. The summed E-state index contributed by atoms with van der Waals surface area (Å²) < 4.78 is 4.84. The molecule has 7 nitrogen and oxygen atoms in total. The average Bonchev–Trinajstić information content (AvgIpc) is 2.81. The normalized spacial score (nSPS) is 9.73. The molecule has 1 amide bonds. The highest BCUT2D eigenvalue weighted by Crippen LogP contribution is 2.27. The minimum atomic E-state index is -0.744. The lowest BCUT2D eigenvalue weighted by atomic mass is 9.95. The molecule has 0 unspecified atom stereocenters. The van der Waals surface area contributed by atoms with Gasteiger partial charge in [0.05, 0.1) is 7.11 Å². The molecule has 0 aliphatic rings. The fourth-order valence-electron chi connectivity index (χ4n) is 2.90. The van der Waals surface area contributed by atoms with Crippen molar-refractivity contribution in [3.05, 3.63) is 52.8 Å². The number of nitrogens with one attached hydrogen (secondary N) is 1. The number of methoxy groups -OCH3 is 1. The molecule has 33 heavy (non-hydrogen) atoms. The van der Waals surface area contributed by atoms with Crippen LogP contribution in [-0.2, 0) is 16.0 Å². The van der Waals surface area contributed by atoms with Crippen molar-refractivity contribution in [2.24, 2.45) is 5.92 Å². The number of nitrogens with zero attached hydrogens (tertiary/aromatic N) is 1. The van der Waals surface area contributed by atoms with E-state index in [1.54, 1.807) is 31.2 Å². The van der Waals surface area contributed by atoms with Gasteiger partial charge < -0.3 is 10.1 Å². The maximum atomic E-state index is 12.4. The number of carbonyl (C=O) groups is 4. The van der Waals surface area contributed by atoms with Crippen LogP contribution in [0.25, 0.3) is 11.1 Å². The predicted octanol–water partition coefficient (Wildman–Crippen LogP) is 2.87. The highest BCUT2D eigenvalue weighted by Gasteiger charge is 2.21. The molecule has 0 saturated heterocycles. The van der Waals surface area contributed by atoms with Gasteiger partial charge in [0.2, 0.25) is 5.78 Å². The number of ether oxygens (including phenoxy) is 1. The van der Waals surface area contributed by atoms with Gasteiger partial charge in [-0.05, 0) is 59.9 Å². The fraction of sp³-hybridized carbons (Fsp3) is 0.269. The molecule has 2 aromatic rings. The van der Waals surface area contributed by atoms with Gasteiger partial charge >= 0.3 is 5.97 Å². The fourth-order valence-corrected chi connectivity index (χ4v) is 2.90. The van der Waals surface area contributed by atoms with Crippen LogP contribution in [0.3, 0.4) is 0 Å². The van der Waals surface area contributed by atoms with Crippen LogP contribution in [-0.4, -0.2) is 42.6 Å². The lowest BCUT2D eigenvalue weighted by Gasteiger charge is -2.13. The van der Waals surface area contributed by atoms with Crippen LogP contribution in [0, 0.1) is 29.6 Å². The van der Waals surface area contributed by atoms with Crippen LogP contribution in [0.15, 0.2) is 30.3 Å². The summed E-state index contributed by atoms with van der Waals surface area (Å²) >= 11 is 0. The van der Waals surface area contributed by atoms with E-state index in [9.17, 15) is 19.2 Å². The Kier molecular flexibility index (Phi) is 9.08. The molecule has 0 atom stereocenters. The molecule has 1 aromatic heterocycles. The molecule has 0 saturated carbocycles. The van der Waals surface area contributed by atoms with Gasteiger partial charge in [-0.2, -0.15) is 0 Å². The van der Waals surface area contributed by atoms with E-state index < -0.39 is 11.9 Å². The van der Waals surface area contributed by atoms with Crippen molar-refractivity contribution in [1.82, 2.24) is 10.3 Å². The monoisotopic (exact) mass is 444 g/mol. The maximum absolute atomic E-state index is 12.4. The smallest absolute Gasteiger partial charge is 0.357 e. The number of aromatic nitrogens is 1. The second-order valence-electron chi connectivity index (χ2n) is 7.45. The summed E-state index contributed by atoms with van der Waals surface area (Å²) in [5, 5.41) is 2.75. The van der Waals surface area contributed by atoms with E-state index in [0.717, 1.165) is 0 Å². The number of amides is 1. The standard InChI is InChI=1S/C26H24N2O5/c1-5-6-7-8-20(30)14-18-9-10-21(19(13-18)16-29)22-11-12-23(25(31)27-15-17(2)3)28-24(22)26(32)33-4/h9-13,16-17H,14-15H2,1-4H3,(H,27,31). The van der Waals surface area contributed by atoms with Crippen LogP contribution in [0.2, 0.25) is 0 Å². The summed E-state index contributed by atoms with van der Waals surface area (Å²) in [5.74, 6) is 8.71. The second kappa shape index (κ2) is 12.0. The van der Waals surface area contributed by atoms with Crippen LogP contribution in [0.4, 0.5) is 0 Å². The third-order valence-electron chi connectivity index (χ3n) is 4.46. The van der Waals surface area contributed by atoms with Crippen LogP contribution >= 0.6 is 0 Å². The van der Waals surface area contributed by atoms with Gasteiger partial charge in [0, 0.05) is 24.1 Å². The number of Topliss-reactive ketones (excluding diaryl/α,β-unsaturated/α-hetero) is 1. The first-order valence-electron chi connectivity index (χ1n) is 10.2. The molecule has 1 N–H and O–H groups in total. The third-order valence-corrected chi connectivity index (χ3v) is 4.46. The minimum Gasteiger partial charge on any atom is -0.464 e. The summed E-state index contributed by atoms with van der Waals surface area (Å²) in [5.41, 5.74) is 1.56. The first-order valence-corrected chi connectivity index (χ1v) is 10.2. The molecule has 2 rings (SSSR count). The van der Waals surface area contributed by atoms with Gasteiger partial charge in [-0.1, -0.05) is 31.9 Å². The summed E-state index contributed by atoms with van der Waals surface area (Å²) in [6.45, 7) is 6.00. The molecule has 0 aliphatic carbocycles. The van der Waals surface area contributed by atoms with E-state index >= 15 is 0 Å². The van der Waals surface area contributed by atoms with Crippen molar-refractivity contribution in [3.8, 4) is 34.8 Å². The zero-order chi connectivity index (χ0) is 24.4. The number of esters is 1. The molecule has 0 spiro atoms. The Labute approximate surface area is 192 Å². The van der Waals surface area contributed by atoms with Crippen molar-refractivity contribution < 1.29 is 23.9 Å². The molecule has 1 heterocycles. The Hall–Kier alpha value is -4.23. The van der Waals surface area contributed by atoms with E-state index in [4.69, 9.17) is 4.74 Å². The zero-order valence-corrected chi connectivity index (χ0v) is 18.9. The Morgan fingerprint density at radius 2 is 1.85 bits per heavy atom. The van der Waals surface area contributed by atoms with Gasteiger partial charge in [0.25, 0.3) is 5.91 Å². The van der Waals surface area contributed by atoms with Gasteiger partial charge in [-0.25, -0.2) is 9.78 Å². The van der Waals surface area contributed by atoms with Gasteiger partial charge in [-0.3, -0.25) is 14.4 Å². The van der Waals surface area contributed by atoms with E-state index in [1.165, 1.54) is 13.2 Å². The SMILES string of the molecule is CC#CC#CC(=O)Cc1ccc(-c2ccc(C(=O)NCC(C)C)nc2C(=O)OC)c(C=O)c1. The maximum Gasteiger partial charge on any atom is 0.357 e. The van der Waals surface area contributed by atoms with E-state index in [1.807, 2.05) is 13.8 Å². The Morgan fingerprint density at radius 1 is 1.12 bits per heavy atom. The molecular formula is C26H24N2O5. The summed E-state index contributed by atoms with van der Waals surface area (Å²) in [6, 6.07) is 7.86. The minimum absolute atomic E-state index is 0.0105. The van der Waals surface area contributed by atoms with Gasteiger partial charge in [0.15, 0.2) is 12.0 Å². The topological polar surface area (TPSA) is 102 Å². The molecule has 0 fully saturated rings. The number of rotatable bonds is 8. The lowest BCUT2D eigenvalue weighted by Crippen LogP contribution is -2.28. The average molecular weight is 444 g/mol. The van der Waals surface area contributed by atoms with Crippen molar-refractivity contribution >= 4 is 23.9 Å². The molecule has 0 bridgehead atoms. The summed E-state index contributed by atoms with van der Waals surface area (Å²) in [7, 11) is 1.21. The molecule has 0 radical (unpaired) electrons. The van der Waals surface area contributed by atoms with E-state index in [2.05, 4.69) is 34.0 Å². The Balaban J connectivity index is 2.45. The number of pyridine rings is 1. The van der Waals surface area contributed by atoms with Crippen molar-refractivity contribution in [2.45, 2.75) is 27.2 Å². The molecule has 1 aromatic carbocycles. The largest absolute Gasteiger partial charge is 0.464 e. The van der Waals surface area contributed by atoms with Crippen LogP contribution < -0.4 is 5.32 Å². The lowest BCUT2D eigenvalue weighted by molar-refractivity contribution is -0.113.